The van der Waals surface area contributed by atoms with Crippen LogP contribution in [0.4, 0.5) is 0 Å². The third kappa shape index (κ3) is 2.45. The predicted molar refractivity (Wildman–Crippen MR) is 85.4 cm³/mol. The summed E-state index contributed by atoms with van der Waals surface area (Å²) in [7, 11) is 0. The molecule has 2 heterocycles. The highest BCUT2D eigenvalue weighted by Gasteiger charge is 2.15. The molecule has 0 spiro atoms. The van der Waals surface area contributed by atoms with Crippen LogP contribution in [0, 0.1) is 18.5 Å². The summed E-state index contributed by atoms with van der Waals surface area (Å²) < 4.78 is 7.23. The molecule has 0 radical (unpaired) electrons. The summed E-state index contributed by atoms with van der Waals surface area (Å²) in [5.41, 5.74) is 5.65. The summed E-state index contributed by atoms with van der Waals surface area (Å²) in [6.07, 6.45) is 0.864. The number of nitrogens with zero attached hydrogens (tertiary/aromatic N) is 1. The van der Waals surface area contributed by atoms with Crippen molar-refractivity contribution in [3.8, 4) is 11.4 Å². The number of hydrogen-bond donors (Lipinski definition) is 1. The van der Waals surface area contributed by atoms with Crippen LogP contribution in [0.2, 0.25) is 0 Å². The van der Waals surface area contributed by atoms with E-state index in [1.807, 2.05) is 0 Å². The highest BCUT2D eigenvalue weighted by molar-refractivity contribution is 9.10. The number of hydrogen-bond acceptors (Lipinski definition) is 3. The highest BCUT2D eigenvalue weighted by Crippen LogP contribution is 2.28. The molecular weight excluding hydrogens is 336 g/mol. The number of aromatic nitrogens is 2. The Hall–Kier alpha value is -1.04. The maximum absolute atomic E-state index is 5.44. The Balaban J connectivity index is 2.16. The second-order valence-electron chi connectivity index (χ2n) is 5.07. The average Bonchev–Trinajstić information content (AvgIpc) is 2.44. The number of benzene rings is 1. The van der Waals surface area contributed by atoms with E-state index in [1.54, 1.807) is 0 Å². The predicted octanol–water partition coefficient (Wildman–Crippen LogP) is 4.26. The number of aromatic amines is 1. The third-order valence-corrected chi connectivity index (χ3v) is 5.15. The van der Waals surface area contributed by atoms with E-state index in [4.69, 9.17) is 17.0 Å². The molecule has 1 aliphatic heterocycles. The van der Waals surface area contributed by atoms with E-state index in [2.05, 4.69) is 51.9 Å². The summed E-state index contributed by atoms with van der Waals surface area (Å²) in [4.78, 5) is 7.96. The van der Waals surface area contributed by atoms with E-state index < -0.39 is 0 Å². The molecule has 0 saturated carbocycles. The molecule has 3 nitrogen and oxygen atoms in total. The molecule has 0 amide bonds. The van der Waals surface area contributed by atoms with E-state index in [0.717, 1.165) is 40.1 Å². The molecule has 1 aliphatic rings. The summed E-state index contributed by atoms with van der Waals surface area (Å²) >= 11 is 8.99. The van der Waals surface area contributed by atoms with Crippen molar-refractivity contribution in [3.63, 3.8) is 0 Å². The van der Waals surface area contributed by atoms with Crippen LogP contribution in [-0.2, 0) is 17.8 Å². The van der Waals surface area contributed by atoms with Crippen LogP contribution in [0.25, 0.3) is 11.4 Å². The SMILES string of the molecule is Cc1cc(-c2nc(=S)c3c([nH]2)CCOC3)cc(C)c1Br. The van der Waals surface area contributed by atoms with Gasteiger partial charge in [0.05, 0.1) is 13.2 Å². The van der Waals surface area contributed by atoms with Crippen molar-refractivity contribution in [1.82, 2.24) is 9.97 Å². The van der Waals surface area contributed by atoms with E-state index in [0.29, 0.717) is 11.2 Å². The number of ether oxygens (including phenoxy) is 1. The largest absolute Gasteiger partial charge is 0.376 e. The van der Waals surface area contributed by atoms with Gasteiger partial charge in [-0.25, -0.2) is 4.98 Å². The van der Waals surface area contributed by atoms with Crippen molar-refractivity contribution < 1.29 is 4.74 Å². The first-order valence-corrected chi connectivity index (χ1v) is 7.73. The monoisotopic (exact) mass is 350 g/mol. The first kappa shape index (κ1) is 13.9. The Morgan fingerprint density at radius 2 is 2.00 bits per heavy atom. The molecule has 1 N–H and O–H groups in total. The van der Waals surface area contributed by atoms with E-state index >= 15 is 0 Å². The summed E-state index contributed by atoms with van der Waals surface area (Å²) in [6.45, 7) is 5.47. The van der Waals surface area contributed by atoms with Gasteiger partial charge in [0.1, 0.15) is 10.5 Å². The van der Waals surface area contributed by atoms with Crippen molar-refractivity contribution >= 4 is 28.1 Å². The topological polar surface area (TPSA) is 37.9 Å². The quantitative estimate of drug-likeness (QED) is 0.781. The number of rotatable bonds is 1. The molecule has 0 aliphatic carbocycles. The summed E-state index contributed by atoms with van der Waals surface area (Å²) in [5.74, 6) is 0.842. The van der Waals surface area contributed by atoms with Gasteiger partial charge in [0.2, 0.25) is 0 Å². The Bertz CT molecular complexity index is 716. The molecule has 0 fully saturated rings. The van der Waals surface area contributed by atoms with Crippen LogP contribution in [0.1, 0.15) is 22.4 Å². The second-order valence-corrected chi connectivity index (χ2v) is 6.25. The van der Waals surface area contributed by atoms with Gasteiger partial charge in [-0.05, 0) is 37.1 Å². The van der Waals surface area contributed by atoms with Crippen molar-refractivity contribution in [2.75, 3.05) is 6.61 Å². The lowest BCUT2D eigenvalue weighted by molar-refractivity contribution is 0.108. The molecule has 0 atom stereocenters. The van der Waals surface area contributed by atoms with Gasteiger partial charge in [-0.1, -0.05) is 28.1 Å². The zero-order valence-corrected chi connectivity index (χ0v) is 13.8. The number of fused-ring (bicyclic) bond motifs is 1. The maximum atomic E-state index is 5.44. The minimum atomic E-state index is 0.566. The van der Waals surface area contributed by atoms with Gasteiger partial charge < -0.3 is 9.72 Å². The lowest BCUT2D eigenvalue weighted by Crippen LogP contribution is -2.14. The minimum Gasteiger partial charge on any atom is -0.376 e. The molecule has 20 heavy (non-hydrogen) atoms. The first-order chi connectivity index (χ1) is 9.56. The smallest absolute Gasteiger partial charge is 0.139 e. The standard InChI is InChI=1S/C15H15BrN2OS/c1-8-5-10(6-9(2)13(8)16)14-17-12-3-4-19-7-11(12)15(20)18-14/h5-6H,3-4,7H2,1-2H3,(H,17,18,20). The Morgan fingerprint density at radius 1 is 1.30 bits per heavy atom. The molecular formula is C15H15BrN2OS. The van der Waals surface area contributed by atoms with Gasteiger partial charge in [-0.2, -0.15) is 0 Å². The van der Waals surface area contributed by atoms with Crippen LogP contribution >= 0.6 is 28.1 Å². The Labute approximate surface area is 131 Å². The third-order valence-electron chi connectivity index (χ3n) is 3.56. The molecule has 104 valence electrons. The van der Waals surface area contributed by atoms with Crippen molar-refractivity contribution in [1.29, 1.82) is 0 Å². The summed E-state index contributed by atoms with van der Waals surface area (Å²) in [5, 5.41) is 0. The molecule has 5 heteroatoms. The van der Waals surface area contributed by atoms with E-state index in [1.165, 1.54) is 11.1 Å². The average molecular weight is 351 g/mol. The van der Waals surface area contributed by atoms with Gasteiger partial charge in [-0.15, -0.1) is 0 Å². The molecule has 1 aromatic carbocycles. The van der Waals surface area contributed by atoms with Gasteiger partial charge in [0.25, 0.3) is 0 Å². The lowest BCUT2D eigenvalue weighted by atomic mass is 10.1. The molecule has 0 saturated heterocycles. The van der Waals surface area contributed by atoms with Crippen LogP contribution in [0.15, 0.2) is 16.6 Å². The number of halogens is 1. The number of aryl methyl sites for hydroxylation is 2. The van der Waals surface area contributed by atoms with Crippen LogP contribution < -0.4 is 0 Å². The fourth-order valence-corrected chi connectivity index (χ4v) is 2.98. The zero-order valence-electron chi connectivity index (χ0n) is 11.4. The molecule has 2 aromatic rings. The molecule has 0 bridgehead atoms. The molecule has 0 unspecified atom stereocenters. The summed E-state index contributed by atoms with van der Waals surface area (Å²) in [6, 6.07) is 4.24. The number of H-pyrrole nitrogens is 1. The van der Waals surface area contributed by atoms with Crippen molar-refractivity contribution in [3.05, 3.63) is 43.6 Å². The van der Waals surface area contributed by atoms with Crippen LogP contribution in [-0.4, -0.2) is 16.6 Å². The lowest BCUT2D eigenvalue weighted by Gasteiger charge is -2.17. The van der Waals surface area contributed by atoms with Crippen LogP contribution in [0.3, 0.4) is 0 Å². The van der Waals surface area contributed by atoms with Gasteiger partial charge >= 0.3 is 0 Å². The Morgan fingerprint density at radius 3 is 2.70 bits per heavy atom. The minimum absolute atomic E-state index is 0.566. The molecule has 1 aromatic heterocycles. The van der Waals surface area contributed by atoms with Crippen LogP contribution in [0.5, 0.6) is 0 Å². The van der Waals surface area contributed by atoms with Gasteiger partial charge in [-0.3, -0.25) is 0 Å². The van der Waals surface area contributed by atoms with Gasteiger partial charge in [0, 0.05) is 27.7 Å². The maximum Gasteiger partial charge on any atom is 0.139 e. The number of nitrogens with one attached hydrogen (secondary N) is 1. The zero-order chi connectivity index (χ0) is 14.3. The van der Waals surface area contributed by atoms with Crippen molar-refractivity contribution in [2.45, 2.75) is 26.9 Å². The van der Waals surface area contributed by atoms with E-state index in [9.17, 15) is 0 Å². The van der Waals surface area contributed by atoms with Gasteiger partial charge in [0.15, 0.2) is 0 Å². The fourth-order valence-electron chi connectivity index (χ4n) is 2.47. The molecule has 3 rings (SSSR count). The van der Waals surface area contributed by atoms with E-state index in [-0.39, 0.29) is 0 Å². The fraction of sp³-hybridized carbons (Fsp3) is 0.333. The Kier molecular flexibility index (Phi) is 3.75. The highest BCUT2D eigenvalue weighted by atomic mass is 79.9. The normalized spacial score (nSPS) is 14.2. The van der Waals surface area contributed by atoms with Crippen molar-refractivity contribution in [2.24, 2.45) is 0 Å². The first-order valence-electron chi connectivity index (χ1n) is 6.53. The second kappa shape index (κ2) is 5.39.